The van der Waals surface area contributed by atoms with E-state index >= 15 is 0 Å². The molecule has 6 nitrogen and oxygen atoms in total. The van der Waals surface area contributed by atoms with Crippen molar-refractivity contribution in [1.82, 2.24) is 4.98 Å². The third-order valence-electron chi connectivity index (χ3n) is 4.62. The lowest BCUT2D eigenvalue weighted by molar-refractivity contribution is 0.102. The minimum absolute atomic E-state index is 0.140. The SMILES string of the molecule is COc1ccc(C)cc1NC(=O)c1cc(C(=O)Nc2ccc(C)c(C)c2)ccn1. The van der Waals surface area contributed by atoms with Gasteiger partial charge in [0.25, 0.3) is 11.8 Å². The summed E-state index contributed by atoms with van der Waals surface area (Å²) in [4.78, 5) is 29.3. The summed E-state index contributed by atoms with van der Waals surface area (Å²) in [6.45, 7) is 5.92. The molecular formula is C23H23N3O3. The number of hydrogen-bond acceptors (Lipinski definition) is 4. The monoisotopic (exact) mass is 389 g/mol. The summed E-state index contributed by atoms with van der Waals surface area (Å²) in [5, 5.41) is 5.64. The number of nitrogens with one attached hydrogen (secondary N) is 2. The first-order valence-electron chi connectivity index (χ1n) is 9.18. The van der Waals surface area contributed by atoms with Crippen molar-refractivity contribution < 1.29 is 14.3 Å². The molecule has 0 bridgehead atoms. The third kappa shape index (κ3) is 4.79. The van der Waals surface area contributed by atoms with E-state index in [0.29, 0.717) is 22.7 Å². The Bertz CT molecular complexity index is 1080. The molecule has 0 atom stereocenters. The zero-order valence-electron chi connectivity index (χ0n) is 16.9. The number of carbonyl (C=O) groups is 2. The number of anilines is 2. The minimum Gasteiger partial charge on any atom is -0.495 e. The maximum atomic E-state index is 12.6. The molecule has 2 amide bonds. The van der Waals surface area contributed by atoms with Gasteiger partial charge < -0.3 is 15.4 Å². The van der Waals surface area contributed by atoms with E-state index in [1.807, 2.05) is 51.1 Å². The van der Waals surface area contributed by atoms with E-state index in [4.69, 9.17) is 4.74 Å². The second-order valence-electron chi connectivity index (χ2n) is 6.84. The zero-order valence-corrected chi connectivity index (χ0v) is 16.9. The molecule has 148 valence electrons. The number of rotatable bonds is 5. The van der Waals surface area contributed by atoms with Crippen molar-refractivity contribution in [2.45, 2.75) is 20.8 Å². The first-order valence-corrected chi connectivity index (χ1v) is 9.18. The predicted octanol–water partition coefficient (Wildman–Crippen LogP) is 4.52. The smallest absolute Gasteiger partial charge is 0.274 e. The number of pyridine rings is 1. The summed E-state index contributed by atoms with van der Waals surface area (Å²) in [5.41, 5.74) is 4.95. The summed E-state index contributed by atoms with van der Waals surface area (Å²) >= 11 is 0. The molecule has 0 aliphatic heterocycles. The van der Waals surface area contributed by atoms with E-state index in [-0.39, 0.29) is 11.6 Å². The van der Waals surface area contributed by atoms with Gasteiger partial charge in [-0.2, -0.15) is 0 Å². The summed E-state index contributed by atoms with van der Waals surface area (Å²) < 4.78 is 5.28. The highest BCUT2D eigenvalue weighted by Crippen LogP contribution is 2.25. The summed E-state index contributed by atoms with van der Waals surface area (Å²) in [7, 11) is 1.54. The lowest BCUT2D eigenvalue weighted by Gasteiger charge is -2.11. The van der Waals surface area contributed by atoms with Crippen molar-refractivity contribution in [2.24, 2.45) is 0 Å². The normalized spacial score (nSPS) is 10.3. The first kappa shape index (κ1) is 20.1. The number of hydrogen-bond donors (Lipinski definition) is 2. The maximum absolute atomic E-state index is 12.6. The molecule has 0 saturated heterocycles. The summed E-state index contributed by atoms with van der Waals surface area (Å²) in [6.07, 6.45) is 1.44. The second-order valence-corrected chi connectivity index (χ2v) is 6.84. The molecule has 1 aromatic heterocycles. The number of ether oxygens (including phenoxy) is 1. The Hall–Kier alpha value is -3.67. The van der Waals surface area contributed by atoms with Crippen LogP contribution in [0.4, 0.5) is 11.4 Å². The number of carbonyl (C=O) groups excluding carboxylic acids is 2. The third-order valence-corrected chi connectivity index (χ3v) is 4.62. The standard InChI is InChI=1S/C23H23N3O3/c1-14-5-8-21(29-4)19(11-14)26-23(28)20-13-17(9-10-24-20)22(27)25-18-7-6-15(2)16(3)12-18/h5-13H,1-4H3,(H,25,27)(H,26,28). The minimum atomic E-state index is -0.422. The highest BCUT2D eigenvalue weighted by molar-refractivity contribution is 6.08. The van der Waals surface area contributed by atoms with Gasteiger partial charge in [0.2, 0.25) is 0 Å². The molecule has 3 rings (SSSR count). The number of amides is 2. The van der Waals surface area contributed by atoms with Crippen molar-refractivity contribution in [1.29, 1.82) is 0 Å². The van der Waals surface area contributed by atoms with Gasteiger partial charge in [-0.1, -0.05) is 12.1 Å². The van der Waals surface area contributed by atoms with E-state index < -0.39 is 5.91 Å². The molecule has 0 unspecified atom stereocenters. The van der Waals surface area contributed by atoms with E-state index in [1.165, 1.54) is 19.4 Å². The topological polar surface area (TPSA) is 80.3 Å². The van der Waals surface area contributed by atoms with Crippen molar-refractivity contribution in [3.05, 3.63) is 82.7 Å². The second kappa shape index (κ2) is 8.56. The number of nitrogens with zero attached hydrogens (tertiary/aromatic N) is 1. The number of aromatic nitrogens is 1. The van der Waals surface area contributed by atoms with Crippen LogP contribution in [0.25, 0.3) is 0 Å². The molecule has 3 aromatic rings. The average molecular weight is 389 g/mol. The Morgan fingerprint density at radius 2 is 1.66 bits per heavy atom. The Balaban J connectivity index is 1.78. The molecule has 0 radical (unpaired) electrons. The first-order chi connectivity index (χ1) is 13.9. The Kier molecular flexibility index (Phi) is 5.93. The van der Waals surface area contributed by atoms with Crippen LogP contribution in [0.15, 0.2) is 54.7 Å². The molecule has 0 spiro atoms. The Morgan fingerprint density at radius 3 is 2.38 bits per heavy atom. The van der Waals surface area contributed by atoms with E-state index in [1.54, 1.807) is 12.1 Å². The highest BCUT2D eigenvalue weighted by Gasteiger charge is 2.14. The van der Waals surface area contributed by atoms with Crippen LogP contribution in [0, 0.1) is 20.8 Å². The fourth-order valence-corrected chi connectivity index (χ4v) is 2.82. The Labute approximate surface area is 169 Å². The van der Waals surface area contributed by atoms with E-state index in [0.717, 1.165) is 16.7 Å². The lowest BCUT2D eigenvalue weighted by atomic mass is 10.1. The van der Waals surface area contributed by atoms with Crippen LogP contribution in [0.3, 0.4) is 0 Å². The predicted molar refractivity (Wildman–Crippen MR) is 114 cm³/mol. The summed E-state index contributed by atoms with van der Waals surface area (Å²) in [5.74, 6) is -0.180. The van der Waals surface area contributed by atoms with Crippen LogP contribution in [-0.2, 0) is 0 Å². The van der Waals surface area contributed by atoms with Gasteiger partial charge >= 0.3 is 0 Å². The number of methoxy groups -OCH3 is 1. The zero-order chi connectivity index (χ0) is 21.0. The van der Waals surface area contributed by atoms with Gasteiger partial charge in [-0.05, 0) is 73.9 Å². The van der Waals surface area contributed by atoms with Crippen molar-refractivity contribution in [3.63, 3.8) is 0 Å². The van der Waals surface area contributed by atoms with Crippen LogP contribution >= 0.6 is 0 Å². The highest BCUT2D eigenvalue weighted by atomic mass is 16.5. The van der Waals surface area contributed by atoms with Gasteiger partial charge in [-0.3, -0.25) is 14.6 Å². The van der Waals surface area contributed by atoms with Crippen molar-refractivity contribution in [2.75, 3.05) is 17.7 Å². The van der Waals surface area contributed by atoms with Crippen LogP contribution in [-0.4, -0.2) is 23.9 Å². The summed E-state index contributed by atoms with van der Waals surface area (Å²) in [6, 6.07) is 14.2. The Morgan fingerprint density at radius 1 is 0.862 bits per heavy atom. The molecule has 0 aliphatic rings. The van der Waals surface area contributed by atoms with Crippen LogP contribution < -0.4 is 15.4 Å². The number of aryl methyl sites for hydroxylation is 3. The molecule has 6 heteroatoms. The van der Waals surface area contributed by atoms with Crippen LogP contribution in [0.1, 0.15) is 37.5 Å². The van der Waals surface area contributed by atoms with Crippen molar-refractivity contribution >= 4 is 23.2 Å². The maximum Gasteiger partial charge on any atom is 0.274 e. The quantitative estimate of drug-likeness (QED) is 0.672. The van der Waals surface area contributed by atoms with Crippen LogP contribution in [0.2, 0.25) is 0 Å². The van der Waals surface area contributed by atoms with Gasteiger partial charge in [-0.15, -0.1) is 0 Å². The van der Waals surface area contributed by atoms with Gasteiger partial charge in [0.15, 0.2) is 0 Å². The molecule has 1 heterocycles. The van der Waals surface area contributed by atoms with Gasteiger partial charge in [-0.25, -0.2) is 0 Å². The molecule has 0 saturated carbocycles. The van der Waals surface area contributed by atoms with Crippen molar-refractivity contribution in [3.8, 4) is 5.75 Å². The fraction of sp³-hybridized carbons (Fsp3) is 0.174. The van der Waals surface area contributed by atoms with E-state index in [2.05, 4.69) is 15.6 Å². The molecule has 2 N–H and O–H groups in total. The van der Waals surface area contributed by atoms with Gasteiger partial charge in [0.05, 0.1) is 12.8 Å². The molecule has 29 heavy (non-hydrogen) atoms. The molecular weight excluding hydrogens is 366 g/mol. The molecule has 2 aromatic carbocycles. The fourth-order valence-electron chi connectivity index (χ4n) is 2.82. The lowest BCUT2D eigenvalue weighted by Crippen LogP contribution is -2.17. The van der Waals surface area contributed by atoms with E-state index in [9.17, 15) is 9.59 Å². The van der Waals surface area contributed by atoms with Crippen LogP contribution in [0.5, 0.6) is 5.75 Å². The largest absolute Gasteiger partial charge is 0.495 e. The van der Waals surface area contributed by atoms with Gasteiger partial charge in [0, 0.05) is 17.4 Å². The molecule has 0 aliphatic carbocycles. The average Bonchev–Trinajstić information content (AvgIpc) is 2.71. The number of benzene rings is 2. The molecule has 0 fully saturated rings. The van der Waals surface area contributed by atoms with Gasteiger partial charge in [0.1, 0.15) is 11.4 Å².